The Kier molecular flexibility index (Phi) is 5.85. The van der Waals surface area contributed by atoms with E-state index in [4.69, 9.17) is 17.0 Å². The second-order valence-corrected chi connectivity index (χ2v) is 12.9. The zero-order chi connectivity index (χ0) is 22.6. The van der Waals surface area contributed by atoms with Gasteiger partial charge in [0.05, 0.1) is 11.5 Å². The van der Waals surface area contributed by atoms with Crippen LogP contribution in [0.15, 0.2) is 23.1 Å². The molecule has 3 nitrogen and oxygen atoms in total. The predicted molar refractivity (Wildman–Crippen MR) is 139 cm³/mol. The third-order valence-electron chi connectivity index (χ3n) is 9.01. The molecule has 0 aromatic heterocycles. The zero-order valence-electron chi connectivity index (χ0n) is 19.7. The molecular formula is C28H35NO2S2. The molecule has 1 aliphatic heterocycles. The summed E-state index contributed by atoms with van der Waals surface area (Å²) >= 11 is 7.15. The molecule has 1 saturated heterocycles. The fourth-order valence-corrected chi connectivity index (χ4v) is 9.41. The van der Waals surface area contributed by atoms with Gasteiger partial charge in [0, 0.05) is 11.6 Å². The van der Waals surface area contributed by atoms with E-state index in [1.165, 1.54) is 75.1 Å². The van der Waals surface area contributed by atoms with Crippen molar-refractivity contribution in [3.63, 3.8) is 0 Å². The quantitative estimate of drug-likeness (QED) is 0.332. The minimum absolute atomic E-state index is 0.0968. The maximum Gasteiger partial charge on any atom is 0.266 e. The Bertz CT molecular complexity index is 958. The summed E-state index contributed by atoms with van der Waals surface area (Å²) in [6.07, 6.45) is 16.3. The van der Waals surface area contributed by atoms with Crippen molar-refractivity contribution in [2.45, 2.75) is 89.0 Å². The van der Waals surface area contributed by atoms with Crippen molar-refractivity contribution in [1.82, 2.24) is 4.90 Å². The molecule has 5 heteroatoms. The van der Waals surface area contributed by atoms with Crippen LogP contribution in [0.25, 0.3) is 6.08 Å². The smallest absolute Gasteiger partial charge is 0.266 e. The van der Waals surface area contributed by atoms with Gasteiger partial charge in [0.1, 0.15) is 10.1 Å². The number of nitrogens with zero attached hydrogens (tertiary/aromatic N) is 1. The number of carbonyl (C=O) groups is 1. The molecule has 6 aliphatic rings. The SMILES string of the molecule is CCOc1ccc(C23CC4CC(CC(C4)C2)C3)cc1/C=C1\SC(=S)N(C2CCCCC2)C1=O. The Balaban J connectivity index is 1.33. The van der Waals surface area contributed by atoms with E-state index in [0.717, 1.165) is 51.1 Å². The Morgan fingerprint density at radius 2 is 1.76 bits per heavy atom. The van der Waals surface area contributed by atoms with E-state index in [2.05, 4.69) is 24.3 Å². The zero-order valence-corrected chi connectivity index (χ0v) is 21.3. The minimum Gasteiger partial charge on any atom is -0.493 e. The Hall–Kier alpha value is -1.33. The molecule has 4 bridgehead atoms. The van der Waals surface area contributed by atoms with Crippen LogP contribution < -0.4 is 4.74 Å². The molecule has 6 fully saturated rings. The van der Waals surface area contributed by atoms with E-state index in [1.54, 1.807) is 0 Å². The van der Waals surface area contributed by atoms with E-state index in [9.17, 15) is 4.79 Å². The first-order chi connectivity index (χ1) is 16.0. The monoisotopic (exact) mass is 481 g/mol. The molecule has 33 heavy (non-hydrogen) atoms. The molecule has 5 aliphatic carbocycles. The molecule has 7 rings (SSSR count). The van der Waals surface area contributed by atoms with Gasteiger partial charge in [-0.25, -0.2) is 0 Å². The van der Waals surface area contributed by atoms with Crippen LogP contribution in [-0.4, -0.2) is 27.8 Å². The van der Waals surface area contributed by atoms with Crippen molar-refractivity contribution in [1.29, 1.82) is 0 Å². The highest BCUT2D eigenvalue weighted by atomic mass is 32.2. The molecule has 1 aromatic rings. The molecule has 1 amide bonds. The predicted octanol–water partition coefficient (Wildman–Crippen LogP) is 7.09. The van der Waals surface area contributed by atoms with E-state index in [0.29, 0.717) is 12.0 Å². The van der Waals surface area contributed by atoms with Crippen LogP contribution in [0, 0.1) is 17.8 Å². The number of hydrogen-bond acceptors (Lipinski definition) is 4. The van der Waals surface area contributed by atoms with Gasteiger partial charge < -0.3 is 4.74 Å². The summed E-state index contributed by atoms with van der Waals surface area (Å²) in [4.78, 5) is 16.1. The first-order valence-corrected chi connectivity index (χ1v) is 14.3. The summed E-state index contributed by atoms with van der Waals surface area (Å²) in [5.74, 6) is 3.72. The second kappa shape index (κ2) is 8.71. The highest BCUT2D eigenvalue weighted by Gasteiger charge is 2.51. The van der Waals surface area contributed by atoms with Crippen molar-refractivity contribution >= 4 is 40.3 Å². The van der Waals surface area contributed by atoms with Crippen molar-refractivity contribution in [2.75, 3.05) is 6.61 Å². The number of hydrogen-bond donors (Lipinski definition) is 0. The molecule has 0 radical (unpaired) electrons. The Morgan fingerprint density at radius 1 is 1.09 bits per heavy atom. The van der Waals surface area contributed by atoms with Gasteiger partial charge in [-0.3, -0.25) is 9.69 Å². The molecule has 0 unspecified atom stereocenters. The minimum atomic E-state index is 0.0968. The standard InChI is InChI=1S/C28H35NO2S2/c1-2-31-24-9-8-22(28-15-18-10-19(16-28)12-20(11-18)17-28)13-21(24)14-25-26(30)29(27(32)33-25)23-6-4-3-5-7-23/h8-9,13-14,18-20,23H,2-7,10-12,15-17H2,1H3/b25-14-. The lowest BCUT2D eigenvalue weighted by molar-refractivity contribution is -0.124. The third-order valence-corrected chi connectivity index (χ3v) is 10.3. The lowest BCUT2D eigenvalue weighted by atomic mass is 9.48. The van der Waals surface area contributed by atoms with E-state index in [1.807, 2.05) is 11.8 Å². The lowest BCUT2D eigenvalue weighted by Crippen LogP contribution is -2.48. The van der Waals surface area contributed by atoms with Crippen molar-refractivity contribution in [3.05, 3.63) is 34.2 Å². The average molecular weight is 482 g/mol. The molecule has 176 valence electrons. The Morgan fingerprint density at radius 3 is 2.39 bits per heavy atom. The van der Waals surface area contributed by atoms with Crippen LogP contribution in [-0.2, 0) is 10.2 Å². The second-order valence-electron chi connectivity index (χ2n) is 11.2. The fourth-order valence-electron chi connectivity index (χ4n) is 8.02. The van der Waals surface area contributed by atoms with Gasteiger partial charge in [0.15, 0.2) is 0 Å². The van der Waals surface area contributed by atoms with Gasteiger partial charge in [-0.1, -0.05) is 49.3 Å². The lowest BCUT2D eigenvalue weighted by Gasteiger charge is -2.57. The largest absolute Gasteiger partial charge is 0.493 e. The van der Waals surface area contributed by atoms with Gasteiger partial charge >= 0.3 is 0 Å². The molecule has 1 heterocycles. The molecule has 1 aromatic carbocycles. The normalized spacial score (nSPS) is 35.1. The molecule has 5 saturated carbocycles. The molecule has 0 atom stereocenters. The third kappa shape index (κ3) is 3.97. The maximum absolute atomic E-state index is 13.4. The van der Waals surface area contributed by atoms with Gasteiger partial charge in [-0.2, -0.15) is 0 Å². The van der Waals surface area contributed by atoms with Crippen molar-refractivity contribution in [2.24, 2.45) is 17.8 Å². The van der Waals surface area contributed by atoms with Gasteiger partial charge in [-0.15, -0.1) is 0 Å². The summed E-state index contributed by atoms with van der Waals surface area (Å²) in [6.45, 7) is 2.65. The van der Waals surface area contributed by atoms with Crippen molar-refractivity contribution in [3.8, 4) is 5.75 Å². The number of thiocarbonyl (C=S) groups is 1. The summed E-state index contributed by atoms with van der Waals surface area (Å²) in [5.41, 5.74) is 2.86. The Labute approximate surface area is 207 Å². The number of carbonyl (C=O) groups excluding carboxylic acids is 1. The van der Waals surface area contributed by atoms with Crippen LogP contribution in [0.3, 0.4) is 0 Å². The van der Waals surface area contributed by atoms with Crippen LogP contribution in [0.1, 0.15) is 88.7 Å². The maximum atomic E-state index is 13.4. The first kappa shape index (κ1) is 22.2. The highest BCUT2D eigenvalue weighted by Crippen LogP contribution is 2.61. The fraction of sp³-hybridized carbons (Fsp3) is 0.643. The van der Waals surface area contributed by atoms with Crippen LogP contribution >= 0.6 is 24.0 Å². The number of thioether (sulfide) groups is 1. The number of rotatable bonds is 5. The summed E-state index contributed by atoms with van der Waals surface area (Å²) in [6, 6.07) is 7.11. The van der Waals surface area contributed by atoms with E-state index in [-0.39, 0.29) is 11.9 Å². The number of ether oxygens (including phenoxy) is 1. The van der Waals surface area contributed by atoms with Crippen LogP contribution in [0.2, 0.25) is 0 Å². The summed E-state index contributed by atoms with van der Waals surface area (Å²) in [5, 5.41) is 0. The van der Waals surface area contributed by atoms with E-state index >= 15 is 0 Å². The van der Waals surface area contributed by atoms with Gasteiger partial charge in [0.2, 0.25) is 0 Å². The molecular weight excluding hydrogens is 446 g/mol. The summed E-state index contributed by atoms with van der Waals surface area (Å²) < 4.78 is 6.74. The first-order valence-electron chi connectivity index (χ1n) is 13.1. The summed E-state index contributed by atoms with van der Waals surface area (Å²) in [7, 11) is 0. The van der Waals surface area contributed by atoms with Crippen molar-refractivity contribution < 1.29 is 9.53 Å². The van der Waals surface area contributed by atoms with Crippen LogP contribution in [0.5, 0.6) is 5.75 Å². The highest BCUT2D eigenvalue weighted by molar-refractivity contribution is 8.26. The number of amides is 1. The topological polar surface area (TPSA) is 29.5 Å². The van der Waals surface area contributed by atoms with Gasteiger partial charge in [-0.05, 0) is 105 Å². The van der Waals surface area contributed by atoms with E-state index < -0.39 is 0 Å². The molecule has 0 N–H and O–H groups in total. The van der Waals surface area contributed by atoms with Crippen LogP contribution in [0.4, 0.5) is 0 Å². The molecule has 0 spiro atoms. The van der Waals surface area contributed by atoms with Gasteiger partial charge in [0.25, 0.3) is 5.91 Å². The average Bonchev–Trinajstić information content (AvgIpc) is 3.07. The number of benzene rings is 1.